The molecule has 1 heterocycles. The van der Waals surface area contributed by atoms with Gasteiger partial charge >= 0.3 is 0 Å². The van der Waals surface area contributed by atoms with Crippen molar-refractivity contribution < 1.29 is 4.79 Å². The maximum Gasteiger partial charge on any atom is 0.170 e. The highest BCUT2D eigenvalue weighted by Crippen LogP contribution is 2.22. The standard InChI is InChI=1S/C14H11BrClNO/c1-9-3-2-6-17-13(9)8-14(18)11-5-4-10(15)7-12(11)16/h2-7H,8H2,1H3. The summed E-state index contributed by atoms with van der Waals surface area (Å²) in [6, 6.07) is 9.06. The second kappa shape index (κ2) is 5.63. The maximum atomic E-state index is 12.2. The lowest BCUT2D eigenvalue weighted by atomic mass is 10.0. The van der Waals surface area contributed by atoms with Crippen molar-refractivity contribution in [2.75, 3.05) is 0 Å². The molecule has 2 nitrogen and oxygen atoms in total. The van der Waals surface area contributed by atoms with Gasteiger partial charge in [-0.1, -0.05) is 33.6 Å². The highest BCUT2D eigenvalue weighted by atomic mass is 79.9. The van der Waals surface area contributed by atoms with Gasteiger partial charge in [0.25, 0.3) is 0 Å². The van der Waals surface area contributed by atoms with Crippen molar-refractivity contribution in [2.24, 2.45) is 0 Å². The van der Waals surface area contributed by atoms with E-state index in [-0.39, 0.29) is 12.2 Å². The summed E-state index contributed by atoms with van der Waals surface area (Å²) in [6.45, 7) is 1.94. The minimum atomic E-state index is -0.0192. The Labute approximate surface area is 119 Å². The van der Waals surface area contributed by atoms with Crippen LogP contribution in [0.25, 0.3) is 0 Å². The average Bonchev–Trinajstić information content (AvgIpc) is 2.32. The molecule has 0 spiro atoms. The zero-order valence-electron chi connectivity index (χ0n) is 9.78. The molecule has 0 aliphatic rings. The number of nitrogens with zero attached hydrogens (tertiary/aromatic N) is 1. The van der Waals surface area contributed by atoms with Crippen molar-refractivity contribution in [3.05, 3.63) is 62.8 Å². The molecule has 0 fully saturated rings. The van der Waals surface area contributed by atoms with Crippen molar-refractivity contribution in [2.45, 2.75) is 13.3 Å². The molecule has 0 aliphatic carbocycles. The van der Waals surface area contributed by atoms with Crippen molar-refractivity contribution in [1.82, 2.24) is 4.98 Å². The Bertz CT molecular complexity index is 598. The number of carbonyl (C=O) groups excluding carboxylic acids is 1. The van der Waals surface area contributed by atoms with E-state index in [0.717, 1.165) is 15.7 Å². The lowest BCUT2D eigenvalue weighted by Crippen LogP contribution is -2.07. The summed E-state index contributed by atoms with van der Waals surface area (Å²) in [5, 5.41) is 0.461. The molecule has 0 saturated heterocycles. The van der Waals surface area contributed by atoms with E-state index < -0.39 is 0 Å². The molecule has 0 N–H and O–H groups in total. The van der Waals surface area contributed by atoms with Gasteiger partial charge in [0.15, 0.2) is 5.78 Å². The van der Waals surface area contributed by atoms with Crippen LogP contribution in [-0.4, -0.2) is 10.8 Å². The van der Waals surface area contributed by atoms with Gasteiger partial charge in [-0.05, 0) is 36.8 Å². The number of aryl methyl sites for hydroxylation is 1. The van der Waals surface area contributed by atoms with Gasteiger partial charge in [-0.25, -0.2) is 0 Å². The number of halogens is 2. The molecule has 18 heavy (non-hydrogen) atoms. The lowest BCUT2D eigenvalue weighted by Gasteiger charge is -2.06. The van der Waals surface area contributed by atoms with Crippen LogP contribution in [-0.2, 0) is 6.42 Å². The van der Waals surface area contributed by atoms with Crippen LogP contribution in [0.4, 0.5) is 0 Å². The third kappa shape index (κ3) is 2.98. The first-order chi connectivity index (χ1) is 8.58. The molecular formula is C14H11BrClNO. The third-order valence-electron chi connectivity index (χ3n) is 2.68. The number of aromatic nitrogens is 1. The van der Waals surface area contributed by atoms with E-state index in [2.05, 4.69) is 20.9 Å². The maximum absolute atomic E-state index is 12.2. The Morgan fingerprint density at radius 1 is 1.39 bits per heavy atom. The SMILES string of the molecule is Cc1cccnc1CC(=O)c1ccc(Br)cc1Cl. The fourth-order valence-corrected chi connectivity index (χ4v) is 2.45. The molecule has 1 aromatic carbocycles. The van der Waals surface area contributed by atoms with E-state index >= 15 is 0 Å². The molecule has 0 saturated carbocycles. The molecule has 92 valence electrons. The van der Waals surface area contributed by atoms with E-state index in [1.807, 2.05) is 25.1 Å². The third-order valence-corrected chi connectivity index (χ3v) is 3.48. The molecule has 0 amide bonds. The Balaban J connectivity index is 2.25. The number of ketones is 1. The molecule has 0 unspecified atom stereocenters. The molecule has 2 rings (SSSR count). The highest BCUT2D eigenvalue weighted by molar-refractivity contribution is 9.10. The number of Topliss-reactive ketones (excluding diaryl/α,β-unsaturated/α-hetero) is 1. The van der Waals surface area contributed by atoms with Crippen LogP contribution in [0.15, 0.2) is 41.0 Å². The lowest BCUT2D eigenvalue weighted by molar-refractivity contribution is 0.0992. The van der Waals surface area contributed by atoms with Gasteiger partial charge in [0.2, 0.25) is 0 Å². The van der Waals surface area contributed by atoms with Crippen molar-refractivity contribution >= 4 is 33.3 Å². The Kier molecular flexibility index (Phi) is 4.15. The zero-order valence-corrected chi connectivity index (χ0v) is 12.1. The van der Waals surface area contributed by atoms with Gasteiger partial charge in [-0.2, -0.15) is 0 Å². The number of pyridine rings is 1. The highest BCUT2D eigenvalue weighted by Gasteiger charge is 2.13. The number of benzene rings is 1. The Hall–Kier alpha value is -1.19. The summed E-state index contributed by atoms with van der Waals surface area (Å²) < 4.78 is 0.859. The van der Waals surface area contributed by atoms with Gasteiger partial charge in [0.05, 0.1) is 17.1 Å². The van der Waals surface area contributed by atoms with E-state index in [9.17, 15) is 4.79 Å². The van der Waals surface area contributed by atoms with Crippen LogP contribution in [0, 0.1) is 6.92 Å². The molecule has 2 aromatic rings. The largest absolute Gasteiger partial charge is 0.294 e. The van der Waals surface area contributed by atoms with E-state index in [0.29, 0.717) is 10.6 Å². The van der Waals surface area contributed by atoms with Crippen LogP contribution < -0.4 is 0 Å². The van der Waals surface area contributed by atoms with Crippen molar-refractivity contribution in [3.63, 3.8) is 0 Å². The van der Waals surface area contributed by atoms with Gasteiger partial charge in [-0.15, -0.1) is 0 Å². The normalized spacial score (nSPS) is 10.4. The first-order valence-electron chi connectivity index (χ1n) is 5.46. The first-order valence-corrected chi connectivity index (χ1v) is 6.64. The number of hydrogen-bond acceptors (Lipinski definition) is 2. The van der Waals surface area contributed by atoms with Gasteiger partial charge in [0, 0.05) is 16.2 Å². The second-order valence-electron chi connectivity index (χ2n) is 3.99. The number of rotatable bonds is 3. The number of hydrogen-bond donors (Lipinski definition) is 0. The van der Waals surface area contributed by atoms with Crippen molar-refractivity contribution in [3.8, 4) is 0 Å². The minimum Gasteiger partial charge on any atom is -0.294 e. The summed E-state index contributed by atoms with van der Waals surface area (Å²) in [5.41, 5.74) is 2.34. The fourth-order valence-electron chi connectivity index (χ4n) is 1.67. The monoisotopic (exact) mass is 323 g/mol. The summed E-state index contributed by atoms with van der Waals surface area (Å²) >= 11 is 9.37. The smallest absolute Gasteiger partial charge is 0.170 e. The molecule has 0 atom stereocenters. The molecule has 1 aromatic heterocycles. The van der Waals surface area contributed by atoms with Crippen LogP contribution >= 0.6 is 27.5 Å². The van der Waals surface area contributed by atoms with Gasteiger partial charge < -0.3 is 0 Å². The average molecular weight is 325 g/mol. The molecule has 0 bridgehead atoms. The Morgan fingerprint density at radius 3 is 2.83 bits per heavy atom. The summed E-state index contributed by atoms with van der Waals surface area (Å²) in [5.74, 6) is -0.0192. The van der Waals surface area contributed by atoms with Gasteiger partial charge in [0.1, 0.15) is 0 Å². The zero-order chi connectivity index (χ0) is 13.1. The Morgan fingerprint density at radius 2 is 2.17 bits per heavy atom. The van der Waals surface area contributed by atoms with Crippen molar-refractivity contribution in [1.29, 1.82) is 0 Å². The summed E-state index contributed by atoms with van der Waals surface area (Å²) in [4.78, 5) is 16.4. The summed E-state index contributed by atoms with van der Waals surface area (Å²) in [7, 11) is 0. The fraction of sp³-hybridized carbons (Fsp3) is 0.143. The predicted octanol–water partition coefficient (Wildman–Crippen LogP) is 4.23. The second-order valence-corrected chi connectivity index (χ2v) is 5.31. The number of carbonyl (C=O) groups is 1. The predicted molar refractivity (Wildman–Crippen MR) is 76.2 cm³/mol. The first kappa shape index (κ1) is 13.2. The summed E-state index contributed by atoms with van der Waals surface area (Å²) in [6.07, 6.45) is 1.97. The van der Waals surface area contributed by atoms with E-state index in [1.165, 1.54) is 0 Å². The van der Waals surface area contributed by atoms with E-state index in [4.69, 9.17) is 11.6 Å². The van der Waals surface area contributed by atoms with E-state index in [1.54, 1.807) is 18.3 Å². The topological polar surface area (TPSA) is 30.0 Å². The van der Waals surface area contributed by atoms with Crippen LogP contribution in [0.5, 0.6) is 0 Å². The molecule has 0 aliphatic heterocycles. The van der Waals surface area contributed by atoms with Crippen LogP contribution in [0.2, 0.25) is 5.02 Å². The van der Waals surface area contributed by atoms with Crippen LogP contribution in [0.3, 0.4) is 0 Å². The van der Waals surface area contributed by atoms with Crippen LogP contribution in [0.1, 0.15) is 21.6 Å². The molecule has 4 heteroatoms. The quantitative estimate of drug-likeness (QED) is 0.791. The minimum absolute atomic E-state index is 0.0192. The molecular weight excluding hydrogens is 314 g/mol. The van der Waals surface area contributed by atoms with Gasteiger partial charge in [-0.3, -0.25) is 9.78 Å². The molecule has 0 radical (unpaired) electrons.